The highest BCUT2D eigenvalue weighted by Gasteiger charge is 2.11. The number of hydrazone groups is 1. The van der Waals surface area contributed by atoms with E-state index in [9.17, 15) is 9.59 Å². The summed E-state index contributed by atoms with van der Waals surface area (Å²) in [7, 11) is 0. The predicted octanol–water partition coefficient (Wildman–Crippen LogP) is 4.73. The summed E-state index contributed by atoms with van der Waals surface area (Å²) >= 11 is 3.37. The van der Waals surface area contributed by atoms with Gasteiger partial charge < -0.3 is 9.30 Å². The fourth-order valence-corrected chi connectivity index (χ4v) is 3.79. The summed E-state index contributed by atoms with van der Waals surface area (Å²) in [5.41, 5.74) is 7.91. The Morgan fingerprint density at radius 2 is 1.84 bits per heavy atom. The zero-order valence-corrected chi connectivity index (χ0v) is 19.3. The molecule has 0 unspecified atom stereocenters. The zero-order chi connectivity index (χ0) is 22.4. The number of benzene rings is 2. The number of carbonyl (C=O) groups excluding carboxylic acids is 2. The highest BCUT2D eigenvalue weighted by Crippen LogP contribution is 2.21. The van der Waals surface area contributed by atoms with Crippen LogP contribution in [0.5, 0.6) is 0 Å². The molecule has 1 heterocycles. The van der Waals surface area contributed by atoms with Gasteiger partial charge in [0.25, 0.3) is 5.91 Å². The van der Waals surface area contributed by atoms with Gasteiger partial charge in [-0.2, -0.15) is 5.10 Å². The molecule has 6 nitrogen and oxygen atoms in total. The number of hydrogen-bond donors (Lipinski definition) is 1. The molecule has 0 saturated carbocycles. The first-order chi connectivity index (χ1) is 14.9. The molecule has 0 aliphatic heterocycles. The fourth-order valence-electron chi connectivity index (χ4n) is 3.32. The number of amides is 1. The van der Waals surface area contributed by atoms with Crippen LogP contribution in [0.25, 0.3) is 5.69 Å². The Bertz CT molecular complexity index is 1120. The highest BCUT2D eigenvalue weighted by atomic mass is 79.9. The number of halogens is 1. The first kappa shape index (κ1) is 22.5. The van der Waals surface area contributed by atoms with Crippen LogP contribution in [0.4, 0.5) is 0 Å². The van der Waals surface area contributed by atoms with E-state index in [1.54, 1.807) is 25.3 Å². The molecule has 0 fully saturated rings. The van der Waals surface area contributed by atoms with E-state index >= 15 is 0 Å². The number of hydrogen-bond acceptors (Lipinski definition) is 4. The molecule has 0 bridgehead atoms. The molecule has 1 amide bonds. The first-order valence-corrected chi connectivity index (χ1v) is 10.7. The van der Waals surface area contributed by atoms with Crippen molar-refractivity contribution in [3.05, 3.63) is 87.1 Å². The van der Waals surface area contributed by atoms with E-state index in [1.165, 1.54) is 0 Å². The molecule has 2 aromatic carbocycles. The molecule has 3 aromatic rings. The maximum atomic E-state index is 12.3. The van der Waals surface area contributed by atoms with Crippen molar-refractivity contribution in [1.82, 2.24) is 9.99 Å². The highest BCUT2D eigenvalue weighted by molar-refractivity contribution is 9.10. The minimum absolute atomic E-state index is 0.230. The van der Waals surface area contributed by atoms with E-state index in [4.69, 9.17) is 4.74 Å². The predicted molar refractivity (Wildman–Crippen MR) is 125 cm³/mol. The van der Waals surface area contributed by atoms with Crippen molar-refractivity contribution in [2.45, 2.75) is 27.2 Å². The van der Waals surface area contributed by atoms with Gasteiger partial charge in [-0.05, 0) is 72.6 Å². The molecular weight excluding hydrogens is 458 g/mol. The van der Waals surface area contributed by atoms with Gasteiger partial charge in [-0.25, -0.2) is 5.43 Å². The number of rotatable bonds is 7. The Morgan fingerprint density at radius 3 is 2.52 bits per heavy atom. The van der Waals surface area contributed by atoms with Gasteiger partial charge in [0.2, 0.25) is 0 Å². The van der Waals surface area contributed by atoms with Crippen molar-refractivity contribution in [2.24, 2.45) is 5.10 Å². The molecule has 1 aromatic heterocycles. The lowest BCUT2D eigenvalue weighted by molar-refractivity contribution is -0.142. The van der Waals surface area contributed by atoms with Crippen LogP contribution < -0.4 is 5.43 Å². The summed E-state index contributed by atoms with van der Waals surface area (Å²) in [6, 6.07) is 17.0. The van der Waals surface area contributed by atoms with Gasteiger partial charge in [0.1, 0.15) is 0 Å². The molecule has 0 spiro atoms. The van der Waals surface area contributed by atoms with Gasteiger partial charge in [0, 0.05) is 27.1 Å². The quantitative estimate of drug-likeness (QED) is 0.301. The van der Waals surface area contributed by atoms with Gasteiger partial charge in [0.05, 0.1) is 24.8 Å². The van der Waals surface area contributed by atoms with E-state index in [-0.39, 0.29) is 18.3 Å². The smallest absolute Gasteiger partial charge is 0.310 e. The standard InChI is InChI=1S/C24H24BrN3O3/c1-4-31-23(29)14-18-9-11-20(12-10-18)28-16(2)13-19(17(28)3)15-26-27-24(30)21-7-5-6-8-22(21)25/h5-13,15H,4,14H2,1-3H3,(H,27,30)/b26-15-. The second-order valence-corrected chi connectivity index (χ2v) is 7.84. The molecule has 0 atom stereocenters. The minimum atomic E-state index is -0.283. The van der Waals surface area contributed by atoms with Crippen LogP contribution in [0.15, 0.2) is 64.2 Å². The lowest BCUT2D eigenvalue weighted by Gasteiger charge is -2.10. The molecule has 0 aliphatic carbocycles. The third kappa shape index (κ3) is 5.49. The van der Waals surface area contributed by atoms with Crippen LogP contribution in [0.1, 0.15) is 39.8 Å². The molecule has 1 N–H and O–H groups in total. The van der Waals surface area contributed by atoms with E-state index in [1.807, 2.05) is 56.3 Å². The van der Waals surface area contributed by atoms with Gasteiger partial charge in [-0.15, -0.1) is 0 Å². The van der Waals surface area contributed by atoms with Crippen molar-refractivity contribution >= 4 is 34.0 Å². The van der Waals surface area contributed by atoms with Crippen LogP contribution in [0, 0.1) is 13.8 Å². The third-order valence-corrected chi connectivity index (χ3v) is 5.50. The maximum Gasteiger partial charge on any atom is 0.310 e. The topological polar surface area (TPSA) is 72.7 Å². The minimum Gasteiger partial charge on any atom is -0.466 e. The van der Waals surface area contributed by atoms with Crippen molar-refractivity contribution in [3.8, 4) is 5.69 Å². The average Bonchev–Trinajstić information content (AvgIpc) is 3.02. The van der Waals surface area contributed by atoms with Gasteiger partial charge in [-0.3, -0.25) is 9.59 Å². The molecule has 0 saturated heterocycles. The summed E-state index contributed by atoms with van der Waals surface area (Å²) < 4.78 is 7.82. The number of aryl methyl sites for hydroxylation is 1. The first-order valence-electron chi connectivity index (χ1n) is 9.92. The number of aromatic nitrogens is 1. The summed E-state index contributed by atoms with van der Waals surface area (Å²) in [6.07, 6.45) is 1.90. The monoisotopic (exact) mass is 481 g/mol. The van der Waals surface area contributed by atoms with Crippen LogP contribution in [0.2, 0.25) is 0 Å². The molecule has 0 radical (unpaired) electrons. The van der Waals surface area contributed by atoms with Crippen molar-refractivity contribution < 1.29 is 14.3 Å². The Hall–Kier alpha value is -3.19. The molecular formula is C24H24BrN3O3. The maximum absolute atomic E-state index is 12.3. The second kappa shape index (κ2) is 10.2. The second-order valence-electron chi connectivity index (χ2n) is 6.99. The van der Waals surface area contributed by atoms with E-state index in [0.29, 0.717) is 16.6 Å². The van der Waals surface area contributed by atoms with E-state index < -0.39 is 0 Å². The molecule has 0 aliphatic rings. The number of nitrogens with zero attached hydrogens (tertiary/aromatic N) is 2. The van der Waals surface area contributed by atoms with Crippen LogP contribution >= 0.6 is 15.9 Å². The fraction of sp³-hybridized carbons (Fsp3) is 0.208. The number of carbonyl (C=O) groups is 2. The number of esters is 1. The number of nitrogens with one attached hydrogen (secondary N) is 1. The van der Waals surface area contributed by atoms with Crippen LogP contribution in [-0.2, 0) is 16.0 Å². The van der Waals surface area contributed by atoms with Gasteiger partial charge in [-0.1, -0.05) is 24.3 Å². The lowest BCUT2D eigenvalue weighted by atomic mass is 10.1. The number of ether oxygens (including phenoxy) is 1. The Kier molecular flexibility index (Phi) is 7.41. The van der Waals surface area contributed by atoms with Crippen molar-refractivity contribution in [2.75, 3.05) is 6.61 Å². The van der Waals surface area contributed by atoms with Crippen LogP contribution in [-0.4, -0.2) is 29.3 Å². The largest absolute Gasteiger partial charge is 0.466 e. The zero-order valence-electron chi connectivity index (χ0n) is 17.7. The van der Waals surface area contributed by atoms with Gasteiger partial charge >= 0.3 is 5.97 Å². The summed E-state index contributed by atoms with van der Waals surface area (Å²) in [4.78, 5) is 24.0. The molecule has 31 heavy (non-hydrogen) atoms. The molecule has 7 heteroatoms. The van der Waals surface area contributed by atoms with E-state index in [2.05, 4.69) is 31.0 Å². The SMILES string of the molecule is CCOC(=O)Cc1ccc(-n2c(C)cc(/C=N\NC(=O)c3ccccc3Br)c2C)cc1. The Morgan fingerprint density at radius 1 is 1.13 bits per heavy atom. The third-order valence-electron chi connectivity index (χ3n) is 4.81. The average molecular weight is 482 g/mol. The normalized spacial score (nSPS) is 11.0. The van der Waals surface area contributed by atoms with Gasteiger partial charge in [0.15, 0.2) is 0 Å². The van der Waals surface area contributed by atoms with Crippen molar-refractivity contribution in [3.63, 3.8) is 0 Å². The lowest BCUT2D eigenvalue weighted by Crippen LogP contribution is -2.18. The molecule has 160 valence electrons. The Balaban J connectivity index is 1.73. The van der Waals surface area contributed by atoms with E-state index in [0.717, 1.165) is 28.2 Å². The Labute approximate surface area is 190 Å². The summed E-state index contributed by atoms with van der Waals surface area (Å²) in [6.45, 7) is 6.19. The van der Waals surface area contributed by atoms with Crippen molar-refractivity contribution in [1.29, 1.82) is 0 Å². The molecule has 3 rings (SSSR count). The summed E-state index contributed by atoms with van der Waals surface area (Å²) in [5, 5.41) is 4.12. The summed E-state index contributed by atoms with van der Waals surface area (Å²) in [5.74, 6) is -0.513. The van der Waals surface area contributed by atoms with Crippen LogP contribution in [0.3, 0.4) is 0 Å².